The normalized spacial score (nSPS) is 10.5. The number of methoxy groups -OCH3 is 2. The first-order valence-electron chi connectivity index (χ1n) is 8.47. The van der Waals surface area contributed by atoms with E-state index in [1.165, 1.54) is 0 Å². The second-order valence-electron chi connectivity index (χ2n) is 5.87. The average Bonchev–Trinajstić information content (AvgIpc) is 2.63. The first kappa shape index (κ1) is 19.6. The summed E-state index contributed by atoms with van der Waals surface area (Å²) in [5.74, 6) is 2.10. The molecule has 0 aromatic heterocycles. The third kappa shape index (κ3) is 5.67. The number of rotatable bonds is 9. The van der Waals surface area contributed by atoms with Crippen molar-refractivity contribution < 1.29 is 19.0 Å². The summed E-state index contributed by atoms with van der Waals surface area (Å²) in [7, 11) is 5.13. The van der Waals surface area contributed by atoms with Crippen LogP contribution in [0.5, 0.6) is 17.2 Å². The van der Waals surface area contributed by atoms with Crippen LogP contribution in [0.1, 0.15) is 12.5 Å². The van der Waals surface area contributed by atoms with Crippen molar-refractivity contribution in [2.75, 3.05) is 39.7 Å². The number of carbonyl (C=O) groups excluding carboxylic acids is 1. The van der Waals surface area contributed by atoms with Crippen molar-refractivity contribution in [3.8, 4) is 17.2 Å². The summed E-state index contributed by atoms with van der Waals surface area (Å²) in [6.07, 6.45) is 0. The first-order valence-corrected chi connectivity index (χ1v) is 8.47. The molecule has 6 nitrogen and oxygen atoms in total. The second-order valence-corrected chi connectivity index (χ2v) is 5.87. The quantitative estimate of drug-likeness (QED) is 0.746. The zero-order chi connectivity index (χ0) is 18.9. The monoisotopic (exact) mass is 358 g/mol. The number of nitrogens with one attached hydrogen (secondary N) is 1. The lowest BCUT2D eigenvalue weighted by molar-refractivity contribution is -0.117. The number of hydrogen-bond acceptors (Lipinski definition) is 5. The number of carbonyl (C=O) groups is 1. The fourth-order valence-electron chi connectivity index (χ4n) is 2.57. The molecule has 0 saturated carbocycles. The second kappa shape index (κ2) is 9.68. The molecule has 0 bridgehead atoms. The van der Waals surface area contributed by atoms with Crippen molar-refractivity contribution in [1.29, 1.82) is 0 Å². The molecular formula is C20H26N2O4. The zero-order valence-electron chi connectivity index (χ0n) is 15.7. The van der Waals surface area contributed by atoms with Crippen LogP contribution in [-0.4, -0.2) is 45.2 Å². The Hall–Kier alpha value is -2.73. The molecule has 0 fully saturated rings. The van der Waals surface area contributed by atoms with Crippen LogP contribution in [0.15, 0.2) is 42.5 Å². The van der Waals surface area contributed by atoms with Gasteiger partial charge >= 0.3 is 0 Å². The van der Waals surface area contributed by atoms with Gasteiger partial charge in [0.25, 0.3) is 0 Å². The Morgan fingerprint density at radius 1 is 1.04 bits per heavy atom. The van der Waals surface area contributed by atoms with Crippen LogP contribution in [0.4, 0.5) is 5.69 Å². The van der Waals surface area contributed by atoms with Gasteiger partial charge in [0.05, 0.1) is 27.4 Å². The van der Waals surface area contributed by atoms with E-state index in [1.54, 1.807) is 14.2 Å². The van der Waals surface area contributed by atoms with E-state index in [9.17, 15) is 4.79 Å². The largest absolute Gasteiger partial charge is 0.497 e. The summed E-state index contributed by atoms with van der Waals surface area (Å²) in [5.41, 5.74) is 1.79. The maximum absolute atomic E-state index is 12.2. The molecule has 0 radical (unpaired) electrons. The van der Waals surface area contributed by atoms with Crippen molar-refractivity contribution in [2.24, 2.45) is 0 Å². The van der Waals surface area contributed by atoms with Gasteiger partial charge in [-0.05, 0) is 55.9 Å². The number of hydrogen-bond donors (Lipinski definition) is 1. The molecule has 2 aromatic rings. The van der Waals surface area contributed by atoms with Crippen molar-refractivity contribution >= 4 is 11.6 Å². The molecule has 2 aromatic carbocycles. The van der Waals surface area contributed by atoms with Gasteiger partial charge in [-0.25, -0.2) is 0 Å². The van der Waals surface area contributed by atoms with E-state index in [0.717, 1.165) is 22.7 Å². The molecule has 0 spiro atoms. The fourth-order valence-corrected chi connectivity index (χ4v) is 2.57. The number of anilines is 1. The molecule has 6 heteroatoms. The molecule has 0 saturated heterocycles. The molecule has 0 aliphatic heterocycles. The number of likely N-dealkylation sites (N-methyl/N-ethyl adjacent to an activating group) is 1. The number of amides is 1. The van der Waals surface area contributed by atoms with Gasteiger partial charge in [-0.15, -0.1) is 0 Å². The lowest BCUT2D eigenvalue weighted by atomic mass is 10.2. The van der Waals surface area contributed by atoms with Gasteiger partial charge in [0.15, 0.2) is 11.5 Å². The minimum Gasteiger partial charge on any atom is -0.497 e. The van der Waals surface area contributed by atoms with Crippen LogP contribution < -0.4 is 19.5 Å². The van der Waals surface area contributed by atoms with Gasteiger partial charge in [0.1, 0.15) is 5.75 Å². The Labute approximate surface area is 154 Å². The first-order chi connectivity index (χ1) is 12.5. The van der Waals surface area contributed by atoms with Gasteiger partial charge in [-0.1, -0.05) is 6.07 Å². The highest BCUT2D eigenvalue weighted by Gasteiger charge is 2.10. The van der Waals surface area contributed by atoms with E-state index >= 15 is 0 Å². The zero-order valence-corrected chi connectivity index (χ0v) is 15.7. The Balaban J connectivity index is 1.90. The predicted octanol–water partition coefficient (Wildman–Crippen LogP) is 3.17. The molecule has 0 heterocycles. The summed E-state index contributed by atoms with van der Waals surface area (Å²) in [6.45, 7) is 3.42. The molecule has 26 heavy (non-hydrogen) atoms. The Morgan fingerprint density at radius 2 is 1.77 bits per heavy atom. The highest BCUT2D eigenvalue weighted by atomic mass is 16.5. The molecule has 1 amide bonds. The third-order valence-electron chi connectivity index (χ3n) is 3.77. The summed E-state index contributed by atoms with van der Waals surface area (Å²) < 4.78 is 16.0. The molecular weight excluding hydrogens is 332 g/mol. The summed E-state index contributed by atoms with van der Waals surface area (Å²) >= 11 is 0. The van der Waals surface area contributed by atoms with Crippen molar-refractivity contribution in [3.63, 3.8) is 0 Å². The summed E-state index contributed by atoms with van der Waals surface area (Å²) in [5, 5.41) is 2.88. The van der Waals surface area contributed by atoms with E-state index in [0.29, 0.717) is 18.9 Å². The van der Waals surface area contributed by atoms with Gasteiger partial charge in [-0.3, -0.25) is 9.69 Å². The Morgan fingerprint density at radius 3 is 2.38 bits per heavy atom. The van der Waals surface area contributed by atoms with E-state index in [-0.39, 0.29) is 12.5 Å². The lowest BCUT2D eigenvalue weighted by Crippen LogP contribution is -2.29. The molecule has 0 unspecified atom stereocenters. The molecule has 0 aliphatic carbocycles. The highest BCUT2D eigenvalue weighted by Crippen LogP contribution is 2.28. The summed E-state index contributed by atoms with van der Waals surface area (Å²) in [4.78, 5) is 14.1. The SMILES string of the molecule is CCOc1ccc(CN(C)CC(=O)Nc2ccc(OC)cc2)cc1OC. The van der Waals surface area contributed by atoms with Crippen LogP contribution in [-0.2, 0) is 11.3 Å². The van der Waals surface area contributed by atoms with Crippen LogP contribution in [0, 0.1) is 0 Å². The van der Waals surface area contributed by atoms with E-state index in [4.69, 9.17) is 14.2 Å². The summed E-state index contributed by atoms with van der Waals surface area (Å²) in [6, 6.07) is 13.1. The number of nitrogens with zero attached hydrogens (tertiary/aromatic N) is 1. The van der Waals surface area contributed by atoms with Gasteiger partial charge in [0, 0.05) is 12.2 Å². The minimum atomic E-state index is -0.0735. The lowest BCUT2D eigenvalue weighted by Gasteiger charge is -2.18. The standard InChI is InChI=1S/C20H26N2O4/c1-5-26-18-11-6-15(12-19(18)25-4)13-22(2)14-20(23)21-16-7-9-17(24-3)10-8-16/h6-12H,5,13-14H2,1-4H3,(H,21,23). The predicted molar refractivity (Wildman–Crippen MR) is 102 cm³/mol. The number of ether oxygens (including phenoxy) is 3. The Kier molecular flexibility index (Phi) is 7.29. The van der Waals surface area contributed by atoms with Crippen molar-refractivity contribution in [1.82, 2.24) is 4.90 Å². The minimum absolute atomic E-state index is 0.0735. The van der Waals surface area contributed by atoms with Crippen molar-refractivity contribution in [3.05, 3.63) is 48.0 Å². The van der Waals surface area contributed by atoms with Crippen LogP contribution in [0.3, 0.4) is 0 Å². The Bertz CT molecular complexity index is 716. The van der Waals surface area contributed by atoms with Crippen molar-refractivity contribution in [2.45, 2.75) is 13.5 Å². The topological polar surface area (TPSA) is 60.0 Å². The molecule has 2 rings (SSSR count). The van der Waals surface area contributed by atoms with Crippen LogP contribution >= 0.6 is 0 Å². The molecule has 140 valence electrons. The maximum Gasteiger partial charge on any atom is 0.238 e. The number of benzene rings is 2. The smallest absolute Gasteiger partial charge is 0.238 e. The fraction of sp³-hybridized carbons (Fsp3) is 0.350. The van der Waals surface area contributed by atoms with E-state index < -0.39 is 0 Å². The van der Waals surface area contributed by atoms with Gasteiger partial charge in [-0.2, -0.15) is 0 Å². The maximum atomic E-state index is 12.2. The van der Waals surface area contributed by atoms with Gasteiger partial charge < -0.3 is 19.5 Å². The highest BCUT2D eigenvalue weighted by molar-refractivity contribution is 5.92. The van der Waals surface area contributed by atoms with Gasteiger partial charge in [0.2, 0.25) is 5.91 Å². The average molecular weight is 358 g/mol. The van der Waals surface area contributed by atoms with E-state index in [2.05, 4.69) is 5.32 Å². The third-order valence-corrected chi connectivity index (χ3v) is 3.77. The van der Waals surface area contributed by atoms with E-state index in [1.807, 2.05) is 61.3 Å². The molecule has 1 N–H and O–H groups in total. The van der Waals surface area contributed by atoms with Crippen LogP contribution in [0.25, 0.3) is 0 Å². The molecule has 0 atom stereocenters. The van der Waals surface area contributed by atoms with Crippen LogP contribution in [0.2, 0.25) is 0 Å². The molecule has 0 aliphatic rings.